The second kappa shape index (κ2) is 7.27. The zero-order valence-corrected chi connectivity index (χ0v) is 12.6. The van der Waals surface area contributed by atoms with Crippen LogP contribution in [0.5, 0.6) is 0 Å². The first-order valence-corrected chi connectivity index (χ1v) is 7.70. The van der Waals surface area contributed by atoms with Crippen molar-refractivity contribution in [3.63, 3.8) is 0 Å². The quantitative estimate of drug-likeness (QED) is 0.778. The van der Waals surface area contributed by atoms with Gasteiger partial charge in [0.2, 0.25) is 5.91 Å². The molecule has 2 rings (SSSR count). The molecule has 104 valence electrons. The van der Waals surface area contributed by atoms with E-state index in [0.29, 0.717) is 17.9 Å². The molecule has 0 radical (unpaired) electrons. The molecule has 1 amide bonds. The summed E-state index contributed by atoms with van der Waals surface area (Å²) in [6.45, 7) is 3.64. The molecule has 0 bridgehead atoms. The van der Waals surface area contributed by atoms with Gasteiger partial charge in [-0.3, -0.25) is 4.79 Å². The van der Waals surface area contributed by atoms with Crippen molar-refractivity contribution in [1.82, 2.24) is 5.32 Å². The molecule has 0 fully saturated rings. The van der Waals surface area contributed by atoms with Gasteiger partial charge in [0, 0.05) is 11.4 Å². The molecule has 1 aromatic carbocycles. The molecule has 0 saturated carbocycles. The molecule has 0 aliphatic carbocycles. The Morgan fingerprint density at radius 1 is 1.30 bits per heavy atom. The Hall–Kier alpha value is -1.58. The fourth-order valence-electron chi connectivity index (χ4n) is 1.92. The highest BCUT2D eigenvalue weighted by molar-refractivity contribution is 7.08. The molecule has 1 atom stereocenters. The highest BCUT2D eigenvalue weighted by Crippen LogP contribution is 2.25. The average Bonchev–Trinajstić information content (AvgIpc) is 2.97. The number of amides is 1. The lowest BCUT2D eigenvalue weighted by molar-refractivity contribution is -0.121. The first kappa shape index (κ1) is 14.8. The van der Waals surface area contributed by atoms with Crippen LogP contribution in [0.1, 0.15) is 30.0 Å². The maximum absolute atomic E-state index is 12.0. The molecule has 4 heteroatoms. The van der Waals surface area contributed by atoms with Crippen molar-refractivity contribution in [3.8, 4) is 0 Å². The molecule has 1 aromatic heterocycles. The minimum Gasteiger partial charge on any atom is -0.345 e. The molecule has 2 nitrogen and oxygen atoms in total. The highest BCUT2D eigenvalue weighted by atomic mass is 35.5. The Labute approximate surface area is 128 Å². The smallest absolute Gasteiger partial charge is 0.221 e. The van der Waals surface area contributed by atoms with Crippen LogP contribution in [0.3, 0.4) is 0 Å². The number of nitrogens with one attached hydrogen (secondary N) is 1. The molecule has 0 saturated heterocycles. The first-order chi connectivity index (χ1) is 9.70. The summed E-state index contributed by atoms with van der Waals surface area (Å²) in [5, 5.41) is 7.81. The van der Waals surface area contributed by atoms with Crippen LogP contribution in [0.4, 0.5) is 0 Å². The predicted octanol–water partition coefficient (Wildman–Crippen LogP) is 4.57. The summed E-state index contributed by atoms with van der Waals surface area (Å²) in [5.41, 5.74) is 2.11. The first-order valence-electron chi connectivity index (χ1n) is 6.38. The molecule has 0 spiro atoms. The highest BCUT2D eigenvalue weighted by Gasteiger charge is 2.16. The van der Waals surface area contributed by atoms with Crippen LogP contribution in [0.25, 0.3) is 0 Å². The Balaban J connectivity index is 2.19. The van der Waals surface area contributed by atoms with Gasteiger partial charge in [0.1, 0.15) is 0 Å². The fourth-order valence-corrected chi connectivity index (χ4v) is 2.73. The van der Waals surface area contributed by atoms with Crippen LogP contribution in [0.2, 0.25) is 5.02 Å². The molecular weight excluding hydrogens is 290 g/mol. The monoisotopic (exact) mass is 305 g/mol. The molecule has 1 heterocycles. The van der Waals surface area contributed by atoms with E-state index in [2.05, 4.69) is 11.9 Å². The van der Waals surface area contributed by atoms with Gasteiger partial charge in [0.15, 0.2) is 0 Å². The largest absolute Gasteiger partial charge is 0.345 e. The Bertz CT molecular complexity index is 563. The van der Waals surface area contributed by atoms with Gasteiger partial charge in [-0.25, -0.2) is 0 Å². The molecule has 1 N–H and O–H groups in total. The van der Waals surface area contributed by atoms with Crippen molar-refractivity contribution < 1.29 is 4.79 Å². The number of hydrogen-bond acceptors (Lipinski definition) is 2. The van der Waals surface area contributed by atoms with Crippen molar-refractivity contribution in [3.05, 3.63) is 69.9 Å². The molecule has 0 aliphatic rings. The van der Waals surface area contributed by atoms with E-state index in [9.17, 15) is 4.79 Å². The number of halogens is 1. The minimum atomic E-state index is -0.129. The van der Waals surface area contributed by atoms with Crippen LogP contribution < -0.4 is 5.32 Å². The lowest BCUT2D eigenvalue weighted by Gasteiger charge is -2.18. The zero-order chi connectivity index (χ0) is 14.4. The van der Waals surface area contributed by atoms with Crippen LogP contribution in [-0.4, -0.2) is 5.91 Å². The maximum Gasteiger partial charge on any atom is 0.221 e. The van der Waals surface area contributed by atoms with Gasteiger partial charge in [-0.2, -0.15) is 11.3 Å². The van der Waals surface area contributed by atoms with E-state index in [-0.39, 0.29) is 11.9 Å². The summed E-state index contributed by atoms with van der Waals surface area (Å²) >= 11 is 7.54. The van der Waals surface area contributed by atoms with Crippen LogP contribution >= 0.6 is 22.9 Å². The van der Waals surface area contributed by atoms with Crippen molar-refractivity contribution in [2.75, 3.05) is 0 Å². The normalized spacial score (nSPS) is 11.8. The molecular formula is C16H16ClNOS. The third kappa shape index (κ3) is 3.95. The number of carbonyl (C=O) groups is 1. The van der Waals surface area contributed by atoms with Gasteiger partial charge in [-0.15, -0.1) is 6.58 Å². The standard InChI is InChI=1S/C16H16ClNOS/c1-2-3-4-15(19)18-16(13-9-10-20-11-13)12-5-7-14(17)8-6-12/h2,5-11,16H,1,3-4H2,(H,18,19)/t16-/m1/s1. The second-order valence-electron chi connectivity index (χ2n) is 4.44. The van der Waals surface area contributed by atoms with E-state index < -0.39 is 0 Å². The van der Waals surface area contributed by atoms with E-state index in [1.165, 1.54) is 0 Å². The number of benzene rings is 1. The van der Waals surface area contributed by atoms with E-state index in [1.807, 2.05) is 41.1 Å². The molecule has 2 aromatic rings. The van der Waals surface area contributed by atoms with E-state index >= 15 is 0 Å². The predicted molar refractivity (Wildman–Crippen MR) is 85.2 cm³/mol. The third-order valence-electron chi connectivity index (χ3n) is 2.96. The van der Waals surface area contributed by atoms with Gasteiger partial charge in [-0.05, 0) is 46.5 Å². The van der Waals surface area contributed by atoms with Crippen LogP contribution in [0.15, 0.2) is 53.7 Å². The summed E-state index contributed by atoms with van der Waals surface area (Å²) in [6.07, 6.45) is 2.89. The van der Waals surface area contributed by atoms with Crippen LogP contribution in [0, 0.1) is 0 Å². The fraction of sp³-hybridized carbons (Fsp3) is 0.188. The maximum atomic E-state index is 12.0. The second-order valence-corrected chi connectivity index (χ2v) is 5.65. The lowest BCUT2D eigenvalue weighted by atomic mass is 10.0. The van der Waals surface area contributed by atoms with Crippen molar-refractivity contribution in [2.24, 2.45) is 0 Å². The molecule has 0 unspecified atom stereocenters. The van der Waals surface area contributed by atoms with E-state index in [1.54, 1.807) is 17.4 Å². The van der Waals surface area contributed by atoms with Crippen molar-refractivity contribution >= 4 is 28.8 Å². The summed E-state index contributed by atoms with van der Waals surface area (Å²) < 4.78 is 0. The Morgan fingerprint density at radius 3 is 2.65 bits per heavy atom. The SMILES string of the molecule is C=CCCC(=O)N[C@H](c1ccc(Cl)cc1)c1ccsc1. The number of allylic oxidation sites excluding steroid dienone is 1. The molecule has 0 aliphatic heterocycles. The number of rotatable bonds is 6. The summed E-state index contributed by atoms with van der Waals surface area (Å²) in [4.78, 5) is 12.0. The van der Waals surface area contributed by atoms with E-state index in [4.69, 9.17) is 11.6 Å². The lowest BCUT2D eigenvalue weighted by Crippen LogP contribution is -2.28. The topological polar surface area (TPSA) is 29.1 Å². The molecule has 20 heavy (non-hydrogen) atoms. The Morgan fingerprint density at radius 2 is 2.05 bits per heavy atom. The summed E-state index contributed by atoms with van der Waals surface area (Å²) in [7, 11) is 0. The third-order valence-corrected chi connectivity index (χ3v) is 3.91. The van der Waals surface area contributed by atoms with E-state index in [0.717, 1.165) is 11.1 Å². The number of carbonyl (C=O) groups excluding carboxylic acids is 1. The number of hydrogen-bond donors (Lipinski definition) is 1. The van der Waals surface area contributed by atoms with Gasteiger partial charge in [-0.1, -0.05) is 29.8 Å². The zero-order valence-electron chi connectivity index (χ0n) is 11.0. The minimum absolute atomic E-state index is 0.0241. The van der Waals surface area contributed by atoms with Gasteiger partial charge < -0.3 is 5.32 Å². The Kier molecular flexibility index (Phi) is 5.39. The van der Waals surface area contributed by atoms with Gasteiger partial charge >= 0.3 is 0 Å². The number of thiophene rings is 1. The van der Waals surface area contributed by atoms with Crippen molar-refractivity contribution in [1.29, 1.82) is 0 Å². The summed E-state index contributed by atoms with van der Waals surface area (Å²) in [5.74, 6) is 0.0241. The van der Waals surface area contributed by atoms with Gasteiger partial charge in [0.05, 0.1) is 6.04 Å². The summed E-state index contributed by atoms with van der Waals surface area (Å²) in [6, 6.07) is 9.46. The average molecular weight is 306 g/mol. The van der Waals surface area contributed by atoms with Crippen LogP contribution in [-0.2, 0) is 4.79 Å². The van der Waals surface area contributed by atoms with Crippen molar-refractivity contribution in [2.45, 2.75) is 18.9 Å². The van der Waals surface area contributed by atoms with Gasteiger partial charge in [0.25, 0.3) is 0 Å².